The summed E-state index contributed by atoms with van der Waals surface area (Å²) in [4.78, 5) is 0. The molecule has 0 saturated heterocycles. The fraction of sp³-hybridized carbons (Fsp3) is 0.250. The maximum atomic E-state index is 5.14. The third-order valence-electron chi connectivity index (χ3n) is 2.28. The van der Waals surface area contributed by atoms with E-state index in [4.69, 9.17) is 6.42 Å². The number of hydrogen-bond acceptors (Lipinski definition) is 2. The second-order valence-electron chi connectivity index (χ2n) is 3.31. The van der Waals surface area contributed by atoms with Crippen LogP contribution in [-0.4, -0.2) is 22.9 Å². The Kier molecular flexibility index (Phi) is 3.01. The molecular formula is C12H13N3. The summed E-state index contributed by atoms with van der Waals surface area (Å²) >= 11 is 0. The third-order valence-corrected chi connectivity index (χ3v) is 2.28. The maximum Gasteiger partial charge on any atom is 0.0682 e. The van der Waals surface area contributed by atoms with Crippen LogP contribution in [0.25, 0.3) is 10.9 Å². The molecule has 0 atom stereocenters. The molecule has 0 saturated carbocycles. The van der Waals surface area contributed by atoms with Gasteiger partial charge in [-0.1, -0.05) is 24.1 Å². The Bertz CT molecular complexity index is 479. The Morgan fingerprint density at radius 1 is 1.40 bits per heavy atom. The van der Waals surface area contributed by atoms with E-state index in [1.54, 1.807) is 0 Å². The number of para-hydroxylation sites is 1. The maximum absolute atomic E-state index is 5.14. The van der Waals surface area contributed by atoms with Gasteiger partial charge in [0, 0.05) is 11.9 Å². The first-order valence-corrected chi connectivity index (χ1v) is 4.96. The van der Waals surface area contributed by atoms with Crippen LogP contribution in [-0.2, 0) is 6.54 Å². The molecule has 0 aliphatic carbocycles. The predicted molar refractivity (Wildman–Crippen MR) is 61.4 cm³/mol. The van der Waals surface area contributed by atoms with Crippen molar-refractivity contribution in [2.45, 2.75) is 6.54 Å². The van der Waals surface area contributed by atoms with Crippen molar-refractivity contribution < 1.29 is 0 Å². The van der Waals surface area contributed by atoms with E-state index in [2.05, 4.69) is 28.5 Å². The Balaban J connectivity index is 2.05. The molecule has 2 aromatic rings. The van der Waals surface area contributed by atoms with Gasteiger partial charge < -0.3 is 5.32 Å². The van der Waals surface area contributed by atoms with Crippen molar-refractivity contribution in [2.75, 3.05) is 13.1 Å². The lowest BCUT2D eigenvalue weighted by Crippen LogP contribution is -2.20. The van der Waals surface area contributed by atoms with Gasteiger partial charge in [-0.3, -0.25) is 4.68 Å². The van der Waals surface area contributed by atoms with Gasteiger partial charge >= 0.3 is 0 Å². The zero-order chi connectivity index (χ0) is 10.5. The Morgan fingerprint density at radius 2 is 2.27 bits per heavy atom. The standard InChI is InChI=1S/C12H13N3/c1-2-7-13-8-9-15-12-6-4-3-5-11(12)10-14-15/h1,3-6,10,13H,7-9H2. The molecule has 1 heterocycles. The summed E-state index contributed by atoms with van der Waals surface area (Å²) in [5.74, 6) is 2.54. The first-order valence-electron chi connectivity index (χ1n) is 4.96. The van der Waals surface area contributed by atoms with Crippen molar-refractivity contribution in [2.24, 2.45) is 0 Å². The number of hydrogen-bond donors (Lipinski definition) is 1. The van der Waals surface area contributed by atoms with Gasteiger partial charge in [-0.25, -0.2) is 0 Å². The Hall–Kier alpha value is -1.79. The van der Waals surface area contributed by atoms with Gasteiger partial charge in [-0.2, -0.15) is 5.10 Å². The highest BCUT2D eigenvalue weighted by Crippen LogP contribution is 2.11. The van der Waals surface area contributed by atoms with E-state index in [1.165, 1.54) is 10.9 Å². The molecule has 0 amide bonds. The lowest BCUT2D eigenvalue weighted by Gasteiger charge is -2.03. The molecular weight excluding hydrogens is 186 g/mol. The first-order chi connectivity index (χ1) is 7.42. The normalized spacial score (nSPS) is 10.3. The van der Waals surface area contributed by atoms with Crippen LogP contribution in [0.15, 0.2) is 30.5 Å². The highest BCUT2D eigenvalue weighted by molar-refractivity contribution is 5.78. The van der Waals surface area contributed by atoms with E-state index < -0.39 is 0 Å². The van der Waals surface area contributed by atoms with Crippen LogP contribution in [0, 0.1) is 12.3 Å². The molecule has 3 heteroatoms. The minimum atomic E-state index is 0.610. The van der Waals surface area contributed by atoms with Crippen LogP contribution in [0.5, 0.6) is 0 Å². The van der Waals surface area contributed by atoms with E-state index in [1.807, 2.05) is 23.0 Å². The van der Waals surface area contributed by atoms with Crippen LogP contribution >= 0.6 is 0 Å². The van der Waals surface area contributed by atoms with Gasteiger partial charge in [0.2, 0.25) is 0 Å². The molecule has 1 aromatic carbocycles. The SMILES string of the molecule is C#CCNCCn1ncc2ccccc21. The first kappa shape index (κ1) is 9.75. The molecule has 15 heavy (non-hydrogen) atoms. The second-order valence-corrected chi connectivity index (χ2v) is 3.31. The molecule has 2 rings (SSSR count). The molecule has 1 aromatic heterocycles. The van der Waals surface area contributed by atoms with Crippen LogP contribution in [0.1, 0.15) is 0 Å². The summed E-state index contributed by atoms with van der Waals surface area (Å²) in [6.07, 6.45) is 7.03. The van der Waals surface area contributed by atoms with Gasteiger partial charge in [0.15, 0.2) is 0 Å². The number of fused-ring (bicyclic) bond motifs is 1. The van der Waals surface area contributed by atoms with Crippen LogP contribution in [0.4, 0.5) is 0 Å². The highest BCUT2D eigenvalue weighted by Gasteiger charge is 1.99. The van der Waals surface area contributed by atoms with Crippen molar-refractivity contribution in [1.82, 2.24) is 15.1 Å². The summed E-state index contributed by atoms with van der Waals surface area (Å²) in [5, 5.41) is 8.63. The molecule has 0 aliphatic rings. The largest absolute Gasteiger partial charge is 0.304 e. The number of benzene rings is 1. The molecule has 0 aliphatic heterocycles. The average molecular weight is 199 g/mol. The number of rotatable bonds is 4. The van der Waals surface area contributed by atoms with Gasteiger partial charge in [0.1, 0.15) is 0 Å². The fourth-order valence-corrected chi connectivity index (χ4v) is 1.55. The molecule has 76 valence electrons. The second kappa shape index (κ2) is 4.63. The fourth-order valence-electron chi connectivity index (χ4n) is 1.55. The molecule has 3 nitrogen and oxygen atoms in total. The molecule has 0 bridgehead atoms. The van der Waals surface area contributed by atoms with E-state index in [0.717, 1.165) is 13.1 Å². The zero-order valence-corrected chi connectivity index (χ0v) is 8.48. The van der Waals surface area contributed by atoms with Crippen LogP contribution < -0.4 is 5.32 Å². The van der Waals surface area contributed by atoms with Crippen molar-refractivity contribution in [3.05, 3.63) is 30.5 Å². The van der Waals surface area contributed by atoms with Gasteiger partial charge in [-0.15, -0.1) is 6.42 Å². The third kappa shape index (κ3) is 2.17. The lowest BCUT2D eigenvalue weighted by molar-refractivity contribution is 0.590. The van der Waals surface area contributed by atoms with E-state index in [-0.39, 0.29) is 0 Å². The summed E-state index contributed by atoms with van der Waals surface area (Å²) < 4.78 is 1.98. The summed E-state index contributed by atoms with van der Waals surface area (Å²) in [6.45, 7) is 2.30. The quantitative estimate of drug-likeness (QED) is 0.593. The topological polar surface area (TPSA) is 29.9 Å². The smallest absolute Gasteiger partial charge is 0.0682 e. The van der Waals surface area contributed by atoms with E-state index in [0.29, 0.717) is 6.54 Å². The van der Waals surface area contributed by atoms with Gasteiger partial charge in [0.05, 0.1) is 24.8 Å². The number of aromatic nitrogens is 2. The minimum absolute atomic E-state index is 0.610. The van der Waals surface area contributed by atoms with Crippen molar-refractivity contribution >= 4 is 10.9 Å². The van der Waals surface area contributed by atoms with Gasteiger partial charge in [-0.05, 0) is 6.07 Å². The van der Waals surface area contributed by atoms with E-state index >= 15 is 0 Å². The van der Waals surface area contributed by atoms with Gasteiger partial charge in [0.25, 0.3) is 0 Å². The summed E-state index contributed by atoms with van der Waals surface area (Å²) in [6, 6.07) is 8.18. The van der Waals surface area contributed by atoms with Crippen molar-refractivity contribution in [3.8, 4) is 12.3 Å². The molecule has 0 radical (unpaired) electrons. The monoisotopic (exact) mass is 199 g/mol. The lowest BCUT2D eigenvalue weighted by atomic mass is 10.3. The Morgan fingerprint density at radius 3 is 3.13 bits per heavy atom. The average Bonchev–Trinajstić information content (AvgIpc) is 2.68. The zero-order valence-electron chi connectivity index (χ0n) is 8.48. The minimum Gasteiger partial charge on any atom is -0.304 e. The van der Waals surface area contributed by atoms with Crippen molar-refractivity contribution in [1.29, 1.82) is 0 Å². The summed E-state index contributed by atoms with van der Waals surface area (Å²) in [7, 11) is 0. The van der Waals surface area contributed by atoms with Crippen molar-refractivity contribution in [3.63, 3.8) is 0 Å². The highest BCUT2D eigenvalue weighted by atomic mass is 15.3. The molecule has 0 fully saturated rings. The number of nitrogens with zero attached hydrogens (tertiary/aromatic N) is 2. The number of nitrogens with one attached hydrogen (secondary N) is 1. The predicted octanol–water partition coefficient (Wildman–Crippen LogP) is 1.26. The van der Waals surface area contributed by atoms with E-state index in [9.17, 15) is 0 Å². The summed E-state index contributed by atoms with van der Waals surface area (Å²) in [5.41, 5.74) is 1.17. The molecule has 0 unspecified atom stereocenters. The molecule has 1 N–H and O–H groups in total. The van der Waals surface area contributed by atoms with Crippen LogP contribution in [0.2, 0.25) is 0 Å². The molecule has 0 spiro atoms. The van der Waals surface area contributed by atoms with Crippen LogP contribution in [0.3, 0.4) is 0 Å². The Labute approximate surface area is 89.1 Å². The number of terminal acetylenes is 1.